The van der Waals surface area contributed by atoms with Crippen LogP contribution in [0.2, 0.25) is 0 Å². The Labute approximate surface area is 109 Å². The first-order valence-electron chi connectivity index (χ1n) is 6.16. The van der Waals surface area contributed by atoms with E-state index in [9.17, 15) is 14.3 Å². The van der Waals surface area contributed by atoms with Crippen molar-refractivity contribution < 1.29 is 14.3 Å². The molecule has 1 aromatic heterocycles. The van der Waals surface area contributed by atoms with Gasteiger partial charge in [0.15, 0.2) is 0 Å². The van der Waals surface area contributed by atoms with Crippen LogP contribution in [-0.4, -0.2) is 35.3 Å². The van der Waals surface area contributed by atoms with Gasteiger partial charge in [-0.2, -0.15) is 0 Å². The molecule has 1 aliphatic rings. The minimum atomic E-state index is -0.977. The van der Waals surface area contributed by atoms with Crippen LogP contribution < -0.4 is 4.90 Å². The lowest BCUT2D eigenvalue weighted by molar-refractivity contribution is 0.0699. The summed E-state index contributed by atoms with van der Waals surface area (Å²) in [6, 6.07) is 6.90. The fourth-order valence-electron chi connectivity index (χ4n) is 2.47. The maximum atomic E-state index is 13.2. The van der Waals surface area contributed by atoms with E-state index in [1.807, 2.05) is 11.0 Å². The number of rotatable bonds is 2. The quantitative estimate of drug-likeness (QED) is 0.901. The van der Waals surface area contributed by atoms with Gasteiger partial charge in [0, 0.05) is 30.4 Å². The maximum absolute atomic E-state index is 13.2. The number of hydrogen-bond donors (Lipinski definition) is 1. The van der Waals surface area contributed by atoms with Crippen molar-refractivity contribution in [2.45, 2.75) is 12.6 Å². The Morgan fingerprint density at radius 1 is 1.42 bits per heavy atom. The van der Waals surface area contributed by atoms with E-state index in [0.717, 1.165) is 5.69 Å². The molecule has 1 aromatic carbocycles. The molecule has 0 spiro atoms. The number of hydrogen-bond acceptors (Lipinski definition) is 3. The van der Waals surface area contributed by atoms with E-state index < -0.39 is 12.1 Å². The fraction of sp³-hybridized carbons (Fsp3) is 0.286. The third kappa shape index (κ3) is 2.12. The van der Waals surface area contributed by atoms with Crippen LogP contribution in [-0.2, 0) is 0 Å². The van der Waals surface area contributed by atoms with E-state index in [2.05, 4.69) is 4.98 Å². The summed E-state index contributed by atoms with van der Waals surface area (Å²) in [7, 11) is 0. The standard InChI is InChI=1S/C14H13FN2O2/c15-9-4-6-17(8-9)10-1-2-13-12(7-10)11(14(18)19)3-5-16-13/h1-3,5,7,9H,4,6,8H2,(H,18,19)/t9-/m0/s1. The van der Waals surface area contributed by atoms with Crippen LogP contribution in [0.5, 0.6) is 0 Å². The lowest BCUT2D eigenvalue weighted by Crippen LogP contribution is -2.19. The molecule has 0 radical (unpaired) electrons. The third-order valence-electron chi connectivity index (χ3n) is 3.45. The highest BCUT2D eigenvalue weighted by Crippen LogP contribution is 2.27. The summed E-state index contributed by atoms with van der Waals surface area (Å²) in [6.45, 7) is 1.03. The minimum Gasteiger partial charge on any atom is -0.478 e. The molecular formula is C14H13FN2O2. The molecule has 0 saturated carbocycles. The number of carbonyl (C=O) groups is 1. The number of carboxylic acid groups (broad SMARTS) is 1. The van der Waals surface area contributed by atoms with Crippen LogP contribution in [0, 0.1) is 0 Å². The van der Waals surface area contributed by atoms with E-state index in [1.54, 1.807) is 12.1 Å². The van der Waals surface area contributed by atoms with Crippen molar-refractivity contribution in [2.75, 3.05) is 18.0 Å². The van der Waals surface area contributed by atoms with Gasteiger partial charge in [-0.25, -0.2) is 9.18 Å². The SMILES string of the molecule is O=C(O)c1ccnc2ccc(N3CC[C@H](F)C3)cc12. The lowest BCUT2D eigenvalue weighted by Gasteiger charge is -2.18. The number of anilines is 1. The molecule has 1 fully saturated rings. The molecule has 1 saturated heterocycles. The fourth-order valence-corrected chi connectivity index (χ4v) is 2.47. The number of aromatic carboxylic acids is 1. The second kappa shape index (κ2) is 4.50. The smallest absolute Gasteiger partial charge is 0.336 e. The summed E-state index contributed by atoms with van der Waals surface area (Å²) in [5.74, 6) is -0.977. The first-order chi connectivity index (χ1) is 9.15. The average molecular weight is 260 g/mol. The van der Waals surface area contributed by atoms with Crippen molar-refractivity contribution >= 4 is 22.6 Å². The number of alkyl halides is 1. The van der Waals surface area contributed by atoms with E-state index in [-0.39, 0.29) is 5.56 Å². The number of fused-ring (bicyclic) bond motifs is 1. The first-order valence-corrected chi connectivity index (χ1v) is 6.16. The van der Waals surface area contributed by atoms with Gasteiger partial charge in [-0.05, 0) is 30.7 Å². The van der Waals surface area contributed by atoms with Crippen LogP contribution >= 0.6 is 0 Å². The summed E-state index contributed by atoms with van der Waals surface area (Å²) in [5.41, 5.74) is 1.71. The van der Waals surface area contributed by atoms with Gasteiger partial charge in [0.2, 0.25) is 0 Å². The Morgan fingerprint density at radius 3 is 2.95 bits per heavy atom. The topological polar surface area (TPSA) is 53.4 Å². The summed E-state index contributed by atoms with van der Waals surface area (Å²) in [5, 5.41) is 9.77. The molecule has 1 aliphatic heterocycles. The molecule has 0 amide bonds. The Kier molecular flexibility index (Phi) is 2.81. The molecule has 0 bridgehead atoms. The van der Waals surface area contributed by atoms with Crippen molar-refractivity contribution in [3.05, 3.63) is 36.0 Å². The molecule has 2 heterocycles. The van der Waals surface area contributed by atoms with Gasteiger partial charge < -0.3 is 10.0 Å². The van der Waals surface area contributed by atoms with Gasteiger partial charge in [0.25, 0.3) is 0 Å². The number of nitrogens with zero attached hydrogens (tertiary/aromatic N) is 2. The third-order valence-corrected chi connectivity index (χ3v) is 3.45. The van der Waals surface area contributed by atoms with Crippen LogP contribution in [0.15, 0.2) is 30.5 Å². The normalized spacial score (nSPS) is 19.0. The molecule has 19 heavy (non-hydrogen) atoms. The molecule has 1 N–H and O–H groups in total. The molecule has 0 unspecified atom stereocenters. The highest BCUT2D eigenvalue weighted by Gasteiger charge is 2.22. The Bertz CT molecular complexity index is 644. The molecule has 4 nitrogen and oxygen atoms in total. The second-order valence-electron chi connectivity index (χ2n) is 4.70. The van der Waals surface area contributed by atoms with Crippen LogP contribution in [0.3, 0.4) is 0 Å². The molecule has 1 atom stereocenters. The summed E-state index contributed by atoms with van der Waals surface area (Å²) < 4.78 is 13.2. The second-order valence-corrected chi connectivity index (χ2v) is 4.70. The molecule has 0 aliphatic carbocycles. The van der Waals surface area contributed by atoms with Gasteiger partial charge in [-0.15, -0.1) is 0 Å². The van der Waals surface area contributed by atoms with Crippen molar-refractivity contribution in [1.29, 1.82) is 0 Å². The van der Waals surface area contributed by atoms with E-state index in [4.69, 9.17) is 0 Å². The predicted molar refractivity (Wildman–Crippen MR) is 70.4 cm³/mol. The van der Waals surface area contributed by atoms with E-state index in [1.165, 1.54) is 12.3 Å². The monoisotopic (exact) mass is 260 g/mol. The summed E-state index contributed by atoms with van der Waals surface area (Å²) in [4.78, 5) is 17.3. The molecule has 5 heteroatoms. The largest absolute Gasteiger partial charge is 0.478 e. The first kappa shape index (κ1) is 11.9. The van der Waals surface area contributed by atoms with Crippen LogP contribution in [0.25, 0.3) is 10.9 Å². The highest BCUT2D eigenvalue weighted by atomic mass is 19.1. The van der Waals surface area contributed by atoms with Gasteiger partial charge in [-0.1, -0.05) is 0 Å². The number of halogens is 1. The van der Waals surface area contributed by atoms with Crippen molar-refractivity contribution in [3.63, 3.8) is 0 Å². The number of pyridine rings is 1. The van der Waals surface area contributed by atoms with Gasteiger partial charge in [0.1, 0.15) is 6.17 Å². The molecule has 98 valence electrons. The zero-order chi connectivity index (χ0) is 13.4. The Balaban J connectivity index is 2.09. The molecular weight excluding hydrogens is 247 g/mol. The van der Waals surface area contributed by atoms with Gasteiger partial charge >= 0.3 is 5.97 Å². The molecule has 3 rings (SSSR count). The predicted octanol–water partition coefficient (Wildman–Crippen LogP) is 2.48. The highest BCUT2D eigenvalue weighted by molar-refractivity contribution is 6.03. The lowest BCUT2D eigenvalue weighted by atomic mass is 10.1. The summed E-state index contributed by atoms with van der Waals surface area (Å²) >= 11 is 0. The summed E-state index contributed by atoms with van der Waals surface area (Å²) in [6.07, 6.45) is 1.21. The minimum absolute atomic E-state index is 0.225. The maximum Gasteiger partial charge on any atom is 0.336 e. The van der Waals surface area contributed by atoms with Crippen LogP contribution in [0.4, 0.5) is 10.1 Å². The molecule has 2 aromatic rings. The average Bonchev–Trinajstić information content (AvgIpc) is 2.84. The van der Waals surface area contributed by atoms with Gasteiger partial charge in [0.05, 0.1) is 11.1 Å². The van der Waals surface area contributed by atoms with Crippen LogP contribution in [0.1, 0.15) is 16.8 Å². The van der Waals surface area contributed by atoms with Gasteiger partial charge in [-0.3, -0.25) is 4.98 Å². The number of carboxylic acids is 1. The number of aromatic nitrogens is 1. The van der Waals surface area contributed by atoms with Crippen molar-refractivity contribution in [3.8, 4) is 0 Å². The van der Waals surface area contributed by atoms with Crippen molar-refractivity contribution in [2.24, 2.45) is 0 Å². The number of benzene rings is 1. The Hall–Kier alpha value is -2.17. The van der Waals surface area contributed by atoms with E-state index >= 15 is 0 Å². The van der Waals surface area contributed by atoms with E-state index in [0.29, 0.717) is 30.4 Å². The zero-order valence-electron chi connectivity index (χ0n) is 10.2. The zero-order valence-corrected chi connectivity index (χ0v) is 10.2. The van der Waals surface area contributed by atoms with Crippen molar-refractivity contribution in [1.82, 2.24) is 4.98 Å². The Morgan fingerprint density at radius 2 is 2.26 bits per heavy atom.